The number of thiazole rings is 1. The van der Waals surface area contributed by atoms with Crippen LogP contribution in [-0.2, 0) is 16.0 Å². The van der Waals surface area contributed by atoms with Gasteiger partial charge in [0.05, 0.1) is 31.0 Å². The van der Waals surface area contributed by atoms with Crippen molar-refractivity contribution in [1.82, 2.24) is 10.3 Å². The molecule has 1 aliphatic heterocycles. The van der Waals surface area contributed by atoms with Gasteiger partial charge in [-0.25, -0.2) is 9.78 Å². The van der Waals surface area contributed by atoms with Crippen LogP contribution in [0.3, 0.4) is 0 Å². The quantitative estimate of drug-likeness (QED) is 0.675. The van der Waals surface area contributed by atoms with E-state index in [-0.39, 0.29) is 18.4 Å². The predicted molar refractivity (Wildman–Crippen MR) is 103 cm³/mol. The number of hydrogen-bond acceptors (Lipinski definition) is 6. The lowest BCUT2D eigenvalue weighted by Crippen LogP contribution is -2.32. The van der Waals surface area contributed by atoms with Crippen molar-refractivity contribution < 1.29 is 19.1 Å². The minimum atomic E-state index is -0.428. The Hall–Kier alpha value is -2.65. The molecular formula is C18H22N4O4S. The van der Waals surface area contributed by atoms with Gasteiger partial charge in [-0.05, 0) is 25.0 Å². The van der Waals surface area contributed by atoms with Crippen LogP contribution in [-0.4, -0.2) is 43.3 Å². The first-order valence-corrected chi connectivity index (χ1v) is 9.55. The van der Waals surface area contributed by atoms with Crippen LogP contribution in [0, 0.1) is 0 Å². The number of rotatable bonds is 7. The van der Waals surface area contributed by atoms with E-state index in [2.05, 4.69) is 20.9 Å². The highest BCUT2D eigenvalue weighted by molar-refractivity contribution is 7.14. The first kappa shape index (κ1) is 19.1. The van der Waals surface area contributed by atoms with E-state index in [9.17, 15) is 9.59 Å². The summed E-state index contributed by atoms with van der Waals surface area (Å²) >= 11 is 1.26. The average molecular weight is 390 g/mol. The van der Waals surface area contributed by atoms with Crippen molar-refractivity contribution in [2.24, 2.45) is 0 Å². The second kappa shape index (κ2) is 9.33. The fraction of sp³-hybridized carbons (Fsp3) is 0.389. The van der Waals surface area contributed by atoms with Crippen LogP contribution in [0.15, 0.2) is 29.6 Å². The molecule has 2 heterocycles. The van der Waals surface area contributed by atoms with Gasteiger partial charge in [-0.3, -0.25) is 10.1 Å². The monoisotopic (exact) mass is 390 g/mol. The minimum absolute atomic E-state index is 0.110. The number of urea groups is 1. The predicted octanol–water partition coefficient (Wildman–Crippen LogP) is 2.63. The number of ether oxygens (including phenoxy) is 2. The summed E-state index contributed by atoms with van der Waals surface area (Å²) in [6, 6.07) is 6.69. The standard InChI is InChI=1S/C18H22N4O4S/c1-25-15-7-3-2-6-14(15)21-17(24)22-18-20-12(11-27-18)9-16(23)19-10-13-5-4-8-26-13/h2-3,6-7,11,13H,4-5,8-10H2,1H3,(H,19,23)(H2,20,21,22,24)/t13-/m1/s1. The SMILES string of the molecule is COc1ccccc1NC(=O)Nc1nc(CC(=O)NC[C@H]2CCCO2)cs1. The van der Waals surface area contributed by atoms with E-state index in [0.29, 0.717) is 28.8 Å². The molecular weight excluding hydrogens is 368 g/mol. The van der Waals surface area contributed by atoms with E-state index in [4.69, 9.17) is 9.47 Å². The van der Waals surface area contributed by atoms with Gasteiger partial charge in [0.1, 0.15) is 5.75 Å². The third-order valence-electron chi connectivity index (χ3n) is 4.02. The summed E-state index contributed by atoms with van der Waals surface area (Å²) in [4.78, 5) is 28.4. The van der Waals surface area contributed by atoms with Crippen LogP contribution >= 0.6 is 11.3 Å². The lowest BCUT2D eigenvalue weighted by atomic mass is 10.2. The summed E-state index contributed by atoms with van der Waals surface area (Å²) in [7, 11) is 1.54. The Morgan fingerprint density at radius 1 is 1.33 bits per heavy atom. The lowest BCUT2D eigenvalue weighted by molar-refractivity contribution is -0.121. The first-order chi connectivity index (χ1) is 13.1. The molecule has 1 aromatic heterocycles. The number of methoxy groups -OCH3 is 1. The summed E-state index contributed by atoms with van der Waals surface area (Å²) in [5.41, 5.74) is 1.17. The normalized spacial score (nSPS) is 16.0. The topological polar surface area (TPSA) is 102 Å². The minimum Gasteiger partial charge on any atom is -0.495 e. The van der Waals surface area contributed by atoms with Gasteiger partial charge in [-0.2, -0.15) is 0 Å². The van der Waals surface area contributed by atoms with Crippen molar-refractivity contribution in [2.75, 3.05) is 30.9 Å². The molecule has 3 amide bonds. The molecule has 0 unspecified atom stereocenters. The van der Waals surface area contributed by atoms with Gasteiger partial charge in [-0.1, -0.05) is 12.1 Å². The molecule has 1 aromatic carbocycles. The van der Waals surface area contributed by atoms with Crippen LogP contribution in [0.4, 0.5) is 15.6 Å². The molecule has 0 radical (unpaired) electrons. The summed E-state index contributed by atoms with van der Waals surface area (Å²) in [5.74, 6) is 0.455. The third kappa shape index (κ3) is 5.66. The zero-order valence-electron chi connectivity index (χ0n) is 15.0. The molecule has 0 saturated carbocycles. The lowest BCUT2D eigenvalue weighted by Gasteiger charge is -2.10. The molecule has 1 aliphatic rings. The van der Waals surface area contributed by atoms with Gasteiger partial charge in [0.15, 0.2) is 5.13 Å². The zero-order valence-corrected chi connectivity index (χ0v) is 15.8. The Labute approximate surface area is 161 Å². The number of para-hydroxylation sites is 2. The number of anilines is 2. The van der Waals surface area contributed by atoms with Crippen LogP contribution in [0.2, 0.25) is 0 Å². The number of nitrogens with zero attached hydrogens (tertiary/aromatic N) is 1. The van der Waals surface area contributed by atoms with E-state index in [1.807, 2.05) is 6.07 Å². The van der Waals surface area contributed by atoms with E-state index in [1.54, 1.807) is 23.6 Å². The van der Waals surface area contributed by atoms with Crippen LogP contribution in [0.25, 0.3) is 0 Å². The summed E-state index contributed by atoms with van der Waals surface area (Å²) < 4.78 is 10.7. The number of aromatic nitrogens is 1. The fourth-order valence-corrected chi connectivity index (χ4v) is 3.41. The van der Waals surface area contributed by atoms with Gasteiger partial charge in [0.25, 0.3) is 0 Å². The maximum atomic E-state index is 12.1. The molecule has 8 nitrogen and oxygen atoms in total. The first-order valence-electron chi connectivity index (χ1n) is 8.68. The fourth-order valence-electron chi connectivity index (χ4n) is 2.70. The maximum absolute atomic E-state index is 12.1. The smallest absolute Gasteiger partial charge is 0.325 e. The summed E-state index contributed by atoms with van der Waals surface area (Å²) in [5, 5.41) is 10.4. The molecule has 0 bridgehead atoms. The molecule has 2 aromatic rings. The van der Waals surface area contributed by atoms with Gasteiger partial charge < -0.3 is 20.1 Å². The second-order valence-corrected chi connectivity index (χ2v) is 6.90. The molecule has 1 fully saturated rings. The van der Waals surface area contributed by atoms with Crippen LogP contribution in [0.5, 0.6) is 5.75 Å². The summed E-state index contributed by atoms with van der Waals surface area (Å²) in [6.45, 7) is 1.29. The maximum Gasteiger partial charge on any atom is 0.325 e. The van der Waals surface area contributed by atoms with Gasteiger partial charge in [0.2, 0.25) is 5.91 Å². The Morgan fingerprint density at radius 2 is 2.19 bits per heavy atom. The van der Waals surface area contributed by atoms with Crippen molar-refractivity contribution in [1.29, 1.82) is 0 Å². The molecule has 0 spiro atoms. The number of benzene rings is 1. The molecule has 9 heteroatoms. The molecule has 27 heavy (non-hydrogen) atoms. The number of carbonyl (C=O) groups is 2. The third-order valence-corrected chi connectivity index (χ3v) is 4.83. The van der Waals surface area contributed by atoms with Gasteiger partial charge >= 0.3 is 6.03 Å². The Balaban J connectivity index is 1.47. The molecule has 1 saturated heterocycles. The molecule has 1 atom stereocenters. The Bertz CT molecular complexity index is 789. The number of carbonyl (C=O) groups excluding carboxylic acids is 2. The van der Waals surface area contributed by atoms with Gasteiger partial charge in [-0.15, -0.1) is 11.3 Å². The summed E-state index contributed by atoms with van der Waals surface area (Å²) in [6.07, 6.45) is 2.30. The number of nitrogens with one attached hydrogen (secondary N) is 3. The van der Waals surface area contributed by atoms with Crippen LogP contribution < -0.4 is 20.7 Å². The van der Waals surface area contributed by atoms with Crippen molar-refractivity contribution >= 4 is 34.1 Å². The van der Waals surface area contributed by atoms with E-state index < -0.39 is 6.03 Å². The van der Waals surface area contributed by atoms with Crippen LogP contribution in [0.1, 0.15) is 18.5 Å². The number of amides is 3. The van der Waals surface area contributed by atoms with E-state index >= 15 is 0 Å². The Morgan fingerprint density at radius 3 is 2.96 bits per heavy atom. The van der Waals surface area contributed by atoms with Crippen molar-refractivity contribution in [3.63, 3.8) is 0 Å². The Kier molecular flexibility index (Phi) is 6.61. The highest BCUT2D eigenvalue weighted by Crippen LogP contribution is 2.23. The van der Waals surface area contributed by atoms with Crippen molar-refractivity contribution in [3.05, 3.63) is 35.3 Å². The molecule has 0 aliphatic carbocycles. The highest BCUT2D eigenvalue weighted by atomic mass is 32.1. The highest BCUT2D eigenvalue weighted by Gasteiger charge is 2.17. The average Bonchev–Trinajstić information content (AvgIpc) is 3.32. The zero-order chi connectivity index (χ0) is 19.1. The number of hydrogen-bond donors (Lipinski definition) is 3. The molecule has 3 N–H and O–H groups in total. The second-order valence-electron chi connectivity index (χ2n) is 6.04. The largest absolute Gasteiger partial charge is 0.495 e. The molecule has 144 valence electrons. The van der Waals surface area contributed by atoms with Gasteiger partial charge in [0, 0.05) is 18.5 Å². The van der Waals surface area contributed by atoms with E-state index in [1.165, 1.54) is 18.4 Å². The molecule has 3 rings (SSSR count). The van der Waals surface area contributed by atoms with E-state index in [0.717, 1.165) is 19.4 Å². The van der Waals surface area contributed by atoms with Crippen molar-refractivity contribution in [3.8, 4) is 5.75 Å². The van der Waals surface area contributed by atoms with Crippen molar-refractivity contribution in [2.45, 2.75) is 25.4 Å².